The van der Waals surface area contributed by atoms with Gasteiger partial charge in [0.05, 0.1) is 18.3 Å². The number of nitriles is 1. The third-order valence-corrected chi connectivity index (χ3v) is 5.23. The summed E-state index contributed by atoms with van der Waals surface area (Å²) in [5.74, 6) is 0.0457. The van der Waals surface area contributed by atoms with Crippen LogP contribution in [0.5, 0.6) is 0 Å². The van der Waals surface area contributed by atoms with Gasteiger partial charge in [-0.05, 0) is 59.6 Å². The van der Waals surface area contributed by atoms with Gasteiger partial charge in [-0.3, -0.25) is 0 Å². The number of halogens is 1. The van der Waals surface area contributed by atoms with E-state index in [1.807, 2.05) is 12.1 Å². The van der Waals surface area contributed by atoms with Crippen LogP contribution in [-0.4, -0.2) is 39.0 Å². The van der Waals surface area contributed by atoms with Gasteiger partial charge in [0.25, 0.3) is 0 Å². The highest BCUT2D eigenvalue weighted by Crippen LogP contribution is 2.28. The lowest BCUT2D eigenvalue weighted by molar-refractivity contribution is 0.0292. The third-order valence-electron chi connectivity index (χ3n) is 5.23. The molecule has 2 aromatic carbocycles. The molecule has 1 aliphatic rings. The molecule has 160 valence electrons. The van der Waals surface area contributed by atoms with Crippen LogP contribution in [0.25, 0.3) is 11.1 Å². The molecule has 0 aromatic heterocycles. The molecule has 1 saturated heterocycles. The molecule has 5 heteroatoms. The lowest BCUT2D eigenvalue weighted by atomic mass is 9.92. The molecule has 2 aromatic rings. The van der Waals surface area contributed by atoms with Gasteiger partial charge in [-0.1, -0.05) is 38.1 Å². The average molecular weight is 411 g/mol. The van der Waals surface area contributed by atoms with Gasteiger partial charge >= 0.3 is 0 Å². The highest BCUT2D eigenvalue weighted by molar-refractivity contribution is 5.69. The lowest BCUT2D eigenvalue weighted by Gasteiger charge is -2.24. The first-order valence-electron chi connectivity index (χ1n) is 10.8. The second-order valence-electron chi connectivity index (χ2n) is 8.27. The number of hydrogen-bond acceptors (Lipinski definition) is 4. The van der Waals surface area contributed by atoms with Crippen molar-refractivity contribution in [3.05, 3.63) is 58.9 Å². The predicted molar refractivity (Wildman–Crippen MR) is 117 cm³/mol. The van der Waals surface area contributed by atoms with E-state index in [1.165, 1.54) is 17.2 Å². The normalized spacial score (nSPS) is 16.6. The summed E-state index contributed by atoms with van der Waals surface area (Å²) in [5.41, 5.74) is 4.22. The van der Waals surface area contributed by atoms with Crippen LogP contribution in [0.15, 0.2) is 36.4 Å². The van der Waals surface area contributed by atoms with Crippen molar-refractivity contribution in [2.45, 2.75) is 39.2 Å². The van der Waals surface area contributed by atoms with E-state index in [9.17, 15) is 4.39 Å². The molecule has 1 unspecified atom stereocenters. The molecule has 0 amide bonds. The van der Waals surface area contributed by atoms with E-state index in [2.05, 4.69) is 37.4 Å². The Hall–Kier alpha value is -2.26. The second-order valence-corrected chi connectivity index (χ2v) is 8.27. The SMILES string of the molecule is CC(C)COCCCc1ccc(CC2CNCCO2)cc1-c1ccc(C#N)c(F)c1. The summed E-state index contributed by atoms with van der Waals surface area (Å²) >= 11 is 0. The van der Waals surface area contributed by atoms with Crippen LogP contribution >= 0.6 is 0 Å². The number of hydrogen-bond donors (Lipinski definition) is 1. The molecule has 1 atom stereocenters. The highest BCUT2D eigenvalue weighted by Gasteiger charge is 2.16. The van der Waals surface area contributed by atoms with Gasteiger partial charge < -0.3 is 14.8 Å². The standard InChI is InChI=1S/C25H31FN2O2/c1-18(2)17-29-10-3-4-20-6-5-19(12-23-16-28-9-11-30-23)13-24(20)21-7-8-22(15-27)25(26)14-21/h5-8,13-14,18,23,28H,3-4,9-12,16-17H2,1-2H3. The minimum atomic E-state index is -0.480. The zero-order valence-electron chi connectivity index (χ0n) is 17.9. The smallest absolute Gasteiger partial charge is 0.141 e. The van der Waals surface area contributed by atoms with Gasteiger partial charge in [0.2, 0.25) is 0 Å². The Labute approximate surface area is 179 Å². The van der Waals surface area contributed by atoms with E-state index in [0.717, 1.165) is 56.7 Å². The number of nitrogens with zero attached hydrogens (tertiary/aromatic N) is 1. The number of benzene rings is 2. The third kappa shape index (κ3) is 6.37. The number of aryl methyl sites for hydroxylation is 1. The molecular weight excluding hydrogens is 379 g/mol. The Balaban J connectivity index is 1.79. The predicted octanol–water partition coefficient (Wildman–Crippen LogP) is 4.50. The quantitative estimate of drug-likeness (QED) is 0.619. The molecular formula is C25H31FN2O2. The maximum absolute atomic E-state index is 14.3. The van der Waals surface area contributed by atoms with Gasteiger partial charge in [0, 0.05) is 26.3 Å². The van der Waals surface area contributed by atoms with Gasteiger partial charge in [-0.15, -0.1) is 0 Å². The molecule has 30 heavy (non-hydrogen) atoms. The molecule has 4 nitrogen and oxygen atoms in total. The van der Waals surface area contributed by atoms with Crippen molar-refractivity contribution in [1.29, 1.82) is 5.26 Å². The summed E-state index contributed by atoms with van der Waals surface area (Å²) in [6.07, 6.45) is 2.74. The summed E-state index contributed by atoms with van der Waals surface area (Å²) in [4.78, 5) is 0. The Morgan fingerprint density at radius 2 is 2.13 bits per heavy atom. The monoisotopic (exact) mass is 410 g/mol. The Bertz CT molecular complexity index is 870. The average Bonchev–Trinajstić information content (AvgIpc) is 2.74. The molecule has 0 aliphatic carbocycles. The summed E-state index contributed by atoms with van der Waals surface area (Å²) in [6, 6.07) is 13.2. The van der Waals surface area contributed by atoms with Crippen LogP contribution in [0, 0.1) is 23.1 Å². The van der Waals surface area contributed by atoms with E-state index in [1.54, 1.807) is 6.07 Å². The van der Waals surface area contributed by atoms with Gasteiger partial charge in [-0.2, -0.15) is 5.26 Å². The molecule has 0 spiro atoms. The van der Waals surface area contributed by atoms with Crippen LogP contribution in [-0.2, 0) is 22.3 Å². The Kier molecular flexibility index (Phi) is 8.39. The van der Waals surface area contributed by atoms with Crippen LogP contribution < -0.4 is 5.32 Å². The van der Waals surface area contributed by atoms with Gasteiger partial charge in [-0.25, -0.2) is 4.39 Å². The Morgan fingerprint density at radius 1 is 1.27 bits per heavy atom. The molecule has 0 bridgehead atoms. The molecule has 3 rings (SSSR count). The highest BCUT2D eigenvalue weighted by atomic mass is 19.1. The topological polar surface area (TPSA) is 54.3 Å². The van der Waals surface area contributed by atoms with Crippen molar-refractivity contribution in [2.24, 2.45) is 5.92 Å². The zero-order valence-corrected chi connectivity index (χ0v) is 17.9. The number of nitrogens with one attached hydrogen (secondary N) is 1. The van der Waals surface area contributed by atoms with Crippen LogP contribution in [0.3, 0.4) is 0 Å². The van der Waals surface area contributed by atoms with Gasteiger partial charge in [0.1, 0.15) is 11.9 Å². The largest absolute Gasteiger partial charge is 0.381 e. The first kappa shape index (κ1) is 22.4. The minimum absolute atomic E-state index is 0.0696. The van der Waals surface area contributed by atoms with Crippen LogP contribution in [0.1, 0.15) is 37.0 Å². The summed E-state index contributed by atoms with van der Waals surface area (Å²) in [6.45, 7) is 8.22. The fourth-order valence-corrected chi connectivity index (χ4v) is 3.71. The van der Waals surface area contributed by atoms with E-state index in [-0.39, 0.29) is 11.7 Å². The molecule has 0 saturated carbocycles. The maximum atomic E-state index is 14.3. The van der Waals surface area contributed by atoms with Crippen molar-refractivity contribution in [1.82, 2.24) is 5.32 Å². The minimum Gasteiger partial charge on any atom is -0.381 e. The van der Waals surface area contributed by atoms with Gasteiger partial charge in [0.15, 0.2) is 0 Å². The van der Waals surface area contributed by atoms with E-state index < -0.39 is 5.82 Å². The number of morpholine rings is 1. The fourth-order valence-electron chi connectivity index (χ4n) is 3.71. The first-order valence-corrected chi connectivity index (χ1v) is 10.8. The zero-order chi connectivity index (χ0) is 21.3. The van der Waals surface area contributed by atoms with Crippen molar-refractivity contribution >= 4 is 0 Å². The summed E-state index contributed by atoms with van der Waals surface area (Å²) in [5, 5.41) is 12.4. The lowest BCUT2D eigenvalue weighted by Crippen LogP contribution is -2.39. The fraction of sp³-hybridized carbons (Fsp3) is 0.480. The Morgan fingerprint density at radius 3 is 2.83 bits per heavy atom. The first-order chi connectivity index (χ1) is 14.6. The molecule has 1 N–H and O–H groups in total. The molecule has 1 heterocycles. The van der Waals surface area contributed by atoms with Crippen molar-refractivity contribution in [3.8, 4) is 17.2 Å². The molecule has 0 radical (unpaired) electrons. The van der Waals surface area contributed by atoms with Crippen molar-refractivity contribution < 1.29 is 13.9 Å². The van der Waals surface area contributed by atoms with Crippen molar-refractivity contribution in [3.63, 3.8) is 0 Å². The summed E-state index contributed by atoms with van der Waals surface area (Å²) < 4.78 is 25.9. The van der Waals surface area contributed by atoms with E-state index in [4.69, 9.17) is 14.7 Å². The number of ether oxygens (including phenoxy) is 2. The van der Waals surface area contributed by atoms with Crippen LogP contribution in [0.2, 0.25) is 0 Å². The molecule has 1 fully saturated rings. The van der Waals surface area contributed by atoms with Crippen molar-refractivity contribution in [2.75, 3.05) is 32.9 Å². The maximum Gasteiger partial charge on any atom is 0.141 e. The van der Waals surface area contributed by atoms with Crippen LogP contribution in [0.4, 0.5) is 4.39 Å². The van der Waals surface area contributed by atoms with E-state index in [0.29, 0.717) is 12.5 Å². The summed E-state index contributed by atoms with van der Waals surface area (Å²) in [7, 11) is 0. The number of rotatable bonds is 9. The van der Waals surface area contributed by atoms with E-state index >= 15 is 0 Å². The second kappa shape index (κ2) is 11.2. The molecule has 1 aliphatic heterocycles.